The zero-order chi connectivity index (χ0) is 12.5. The highest BCUT2D eigenvalue weighted by molar-refractivity contribution is 5.40. The molecule has 0 spiro atoms. The van der Waals surface area contributed by atoms with E-state index in [0.29, 0.717) is 6.54 Å². The van der Waals surface area contributed by atoms with Gasteiger partial charge in [-0.15, -0.1) is 0 Å². The van der Waals surface area contributed by atoms with Gasteiger partial charge in [-0.05, 0) is 17.7 Å². The van der Waals surface area contributed by atoms with Crippen LogP contribution < -0.4 is 5.73 Å². The van der Waals surface area contributed by atoms with Gasteiger partial charge < -0.3 is 5.73 Å². The van der Waals surface area contributed by atoms with Crippen LogP contribution in [-0.4, -0.2) is 9.78 Å². The molecule has 0 saturated heterocycles. The van der Waals surface area contributed by atoms with Gasteiger partial charge >= 0.3 is 0 Å². The smallest absolute Gasteiger partial charge is 0.0690 e. The molecule has 0 bridgehead atoms. The van der Waals surface area contributed by atoms with Gasteiger partial charge in [-0.1, -0.05) is 39.0 Å². The maximum atomic E-state index is 5.74. The molecule has 2 aromatic rings. The Balaban J connectivity index is 2.44. The van der Waals surface area contributed by atoms with Crippen molar-refractivity contribution >= 4 is 0 Å². The van der Waals surface area contributed by atoms with Gasteiger partial charge in [0.2, 0.25) is 0 Å². The molecular weight excluding hydrogens is 210 g/mol. The zero-order valence-electron chi connectivity index (χ0n) is 10.6. The van der Waals surface area contributed by atoms with Crippen LogP contribution in [0.4, 0.5) is 0 Å². The molecule has 2 rings (SSSR count). The van der Waals surface area contributed by atoms with E-state index in [2.05, 4.69) is 31.9 Å². The van der Waals surface area contributed by atoms with E-state index in [1.54, 1.807) is 0 Å². The molecule has 0 atom stereocenters. The van der Waals surface area contributed by atoms with Crippen molar-refractivity contribution in [3.05, 3.63) is 47.8 Å². The fraction of sp³-hybridized carbons (Fsp3) is 0.357. The van der Waals surface area contributed by atoms with Crippen molar-refractivity contribution in [3.8, 4) is 5.69 Å². The summed E-state index contributed by atoms with van der Waals surface area (Å²) < 4.78 is 1.91. The first kappa shape index (κ1) is 11.9. The predicted octanol–water partition coefficient (Wildman–Crippen LogP) is 2.63. The second-order valence-electron chi connectivity index (χ2n) is 5.23. The number of hydrogen-bond donors (Lipinski definition) is 1. The minimum atomic E-state index is 0.0723. The highest BCUT2D eigenvalue weighted by Gasteiger charge is 2.17. The average Bonchev–Trinajstić information content (AvgIpc) is 2.77. The first-order chi connectivity index (χ1) is 8.02. The fourth-order valence-electron chi connectivity index (χ4n) is 1.77. The van der Waals surface area contributed by atoms with Crippen LogP contribution >= 0.6 is 0 Å². The predicted molar refractivity (Wildman–Crippen MR) is 70.2 cm³/mol. The second kappa shape index (κ2) is 4.34. The fourth-order valence-corrected chi connectivity index (χ4v) is 1.77. The maximum absolute atomic E-state index is 5.74. The molecule has 1 aromatic carbocycles. The third kappa shape index (κ3) is 2.39. The van der Waals surface area contributed by atoms with Crippen molar-refractivity contribution in [2.45, 2.75) is 32.7 Å². The number of nitrogens with two attached hydrogens (primary N) is 1. The normalized spacial score (nSPS) is 11.8. The second-order valence-corrected chi connectivity index (χ2v) is 5.23. The molecule has 1 aromatic heterocycles. The molecular formula is C14H19N3. The molecule has 0 saturated carbocycles. The van der Waals surface area contributed by atoms with Gasteiger partial charge in [-0.3, -0.25) is 0 Å². The summed E-state index contributed by atoms with van der Waals surface area (Å²) >= 11 is 0. The van der Waals surface area contributed by atoms with Gasteiger partial charge in [0.15, 0.2) is 0 Å². The summed E-state index contributed by atoms with van der Waals surface area (Å²) in [5.41, 5.74) is 9.07. The minimum absolute atomic E-state index is 0.0723. The number of benzene rings is 1. The number of hydrogen-bond acceptors (Lipinski definition) is 2. The molecule has 0 aliphatic heterocycles. The standard InChI is InChI=1S/C14H19N3/c1-14(2,3)13-8-9-17(16-13)12-7-5-4-6-11(12)10-15/h4-9H,10,15H2,1-3H3. The third-order valence-corrected chi connectivity index (χ3v) is 2.82. The van der Waals surface area contributed by atoms with Gasteiger partial charge in [0.1, 0.15) is 0 Å². The molecule has 0 aliphatic rings. The van der Waals surface area contributed by atoms with Gasteiger partial charge in [0.25, 0.3) is 0 Å². The van der Waals surface area contributed by atoms with Crippen LogP contribution in [0, 0.1) is 0 Å². The molecule has 0 aliphatic carbocycles. The van der Waals surface area contributed by atoms with Crippen molar-refractivity contribution in [3.63, 3.8) is 0 Å². The Morgan fingerprint density at radius 3 is 2.47 bits per heavy atom. The Morgan fingerprint density at radius 1 is 1.18 bits per heavy atom. The van der Waals surface area contributed by atoms with E-state index in [1.807, 2.05) is 35.1 Å². The van der Waals surface area contributed by atoms with Crippen LogP contribution in [0.3, 0.4) is 0 Å². The van der Waals surface area contributed by atoms with Crippen molar-refractivity contribution < 1.29 is 0 Å². The number of nitrogens with zero attached hydrogens (tertiary/aromatic N) is 2. The Hall–Kier alpha value is -1.61. The Morgan fingerprint density at radius 2 is 1.88 bits per heavy atom. The Kier molecular flexibility index (Phi) is 3.03. The van der Waals surface area contributed by atoms with E-state index in [9.17, 15) is 0 Å². The Bertz CT molecular complexity index is 506. The summed E-state index contributed by atoms with van der Waals surface area (Å²) in [6, 6.07) is 10.1. The van der Waals surface area contributed by atoms with E-state index >= 15 is 0 Å². The Labute approximate surface area is 102 Å². The molecule has 0 fully saturated rings. The topological polar surface area (TPSA) is 43.8 Å². The van der Waals surface area contributed by atoms with Crippen LogP contribution in [0.2, 0.25) is 0 Å². The van der Waals surface area contributed by atoms with E-state index in [1.165, 1.54) is 0 Å². The van der Waals surface area contributed by atoms with Crippen LogP contribution in [0.15, 0.2) is 36.5 Å². The van der Waals surface area contributed by atoms with Crippen molar-refractivity contribution in [2.24, 2.45) is 5.73 Å². The molecule has 3 nitrogen and oxygen atoms in total. The highest BCUT2D eigenvalue weighted by Crippen LogP contribution is 2.21. The summed E-state index contributed by atoms with van der Waals surface area (Å²) in [6.07, 6.45) is 2.00. The lowest BCUT2D eigenvalue weighted by molar-refractivity contribution is 0.560. The third-order valence-electron chi connectivity index (χ3n) is 2.82. The minimum Gasteiger partial charge on any atom is -0.326 e. The van der Waals surface area contributed by atoms with Crippen LogP contribution in [0.1, 0.15) is 32.0 Å². The van der Waals surface area contributed by atoms with Crippen molar-refractivity contribution in [1.29, 1.82) is 0 Å². The first-order valence-corrected chi connectivity index (χ1v) is 5.87. The number of rotatable bonds is 2. The monoisotopic (exact) mass is 229 g/mol. The molecule has 17 heavy (non-hydrogen) atoms. The lowest BCUT2D eigenvalue weighted by Crippen LogP contribution is -2.13. The average molecular weight is 229 g/mol. The van der Waals surface area contributed by atoms with Gasteiger partial charge in [-0.25, -0.2) is 4.68 Å². The van der Waals surface area contributed by atoms with Crippen molar-refractivity contribution in [1.82, 2.24) is 9.78 Å². The summed E-state index contributed by atoms with van der Waals surface area (Å²) in [7, 11) is 0. The summed E-state index contributed by atoms with van der Waals surface area (Å²) in [6.45, 7) is 7.01. The molecule has 0 radical (unpaired) electrons. The quantitative estimate of drug-likeness (QED) is 0.860. The van der Waals surface area contributed by atoms with Crippen molar-refractivity contribution in [2.75, 3.05) is 0 Å². The molecule has 90 valence electrons. The van der Waals surface area contributed by atoms with Gasteiger partial charge in [0.05, 0.1) is 11.4 Å². The van der Waals surface area contributed by atoms with Gasteiger partial charge in [0, 0.05) is 18.2 Å². The molecule has 2 N–H and O–H groups in total. The molecule has 0 amide bonds. The molecule has 0 unspecified atom stereocenters. The maximum Gasteiger partial charge on any atom is 0.0690 e. The van der Waals surface area contributed by atoms with E-state index in [-0.39, 0.29) is 5.41 Å². The number of aromatic nitrogens is 2. The largest absolute Gasteiger partial charge is 0.326 e. The van der Waals surface area contributed by atoms with Gasteiger partial charge in [-0.2, -0.15) is 5.10 Å². The lowest BCUT2D eigenvalue weighted by Gasteiger charge is -2.14. The zero-order valence-corrected chi connectivity index (χ0v) is 10.6. The highest BCUT2D eigenvalue weighted by atomic mass is 15.3. The first-order valence-electron chi connectivity index (χ1n) is 5.87. The van der Waals surface area contributed by atoms with Crippen LogP contribution in [0.5, 0.6) is 0 Å². The van der Waals surface area contributed by atoms with E-state index in [0.717, 1.165) is 16.9 Å². The summed E-state index contributed by atoms with van der Waals surface area (Å²) in [5.74, 6) is 0. The van der Waals surface area contributed by atoms with E-state index < -0.39 is 0 Å². The lowest BCUT2D eigenvalue weighted by atomic mass is 9.93. The number of para-hydroxylation sites is 1. The summed E-state index contributed by atoms with van der Waals surface area (Å²) in [5, 5.41) is 4.62. The van der Waals surface area contributed by atoms with Crippen LogP contribution in [0.25, 0.3) is 5.69 Å². The molecule has 1 heterocycles. The SMILES string of the molecule is CC(C)(C)c1ccn(-c2ccccc2CN)n1. The van der Waals surface area contributed by atoms with E-state index in [4.69, 9.17) is 5.73 Å². The van der Waals surface area contributed by atoms with Crippen LogP contribution in [-0.2, 0) is 12.0 Å². The summed E-state index contributed by atoms with van der Waals surface area (Å²) in [4.78, 5) is 0. The molecule has 3 heteroatoms.